The first-order valence-electron chi connectivity index (χ1n) is 9.55. The zero-order chi connectivity index (χ0) is 19.1. The highest BCUT2D eigenvalue weighted by Crippen LogP contribution is 2.20. The Kier molecular flexibility index (Phi) is 6.65. The molecule has 1 aliphatic heterocycles. The molecule has 2 heterocycles. The number of hydrogen-bond acceptors (Lipinski definition) is 6. The highest BCUT2D eigenvalue weighted by Gasteiger charge is 2.19. The second-order valence-corrected chi connectivity index (χ2v) is 6.83. The fourth-order valence-corrected chi connectivity index (χ4v) is 3.35. The van der Waals surface area contributed by atoms with E-state index in [1.165, 1.54) is 11.3 Å². The Morgan fingerprint density at radius 1 is 1.26 bits per heavy atom. The molecule has 144 valence electrons. The maximum Gasteiger partial charge on any atom is 0.322 e. The van der Waals surface area contributed by atoms with E-state index < -0.39 is 6.04 Å². The smallest absolute Gasteiger partial charge is 0.322 e. The Balaban J connectivity index is 1.47. The van der Waals surface area contributed by atoms with Gasteiger partial charge in [0.15, 0.2) is 0 Å². The largest absolute Gasteiger partial charge is 0.465 e. The van der Waals surface area contributed by atoms with E-state index in [0.717, 1.165) is 26.2 Å². The fraction of sp³-hybridized carbons (Fsp3) is 0.429. The fourth-order valence-electron chi connectivity index (χ4n) is 3.35. The van der Waals surface area contributed by atoms with Crippen molar-refractivity contribution in [1.82, 2.24) is 9.88 Å². The third kappa shape index (κ3) is 5.44. The van der Waals surface area contributed by atoms with Crippen LogP contribution in [0.4, 0.5) is 5.69 Å². The molecule has 1 aromatic rings. The standard InChI is InChI=1S/C21H28N4O2/c1-2-27-21(26)20(22)15-17-3-5-18(6-4-17)16-24-11-13-25(14-12-24)19-7-9-23-10-8-19/h3-10,16-17,20H,2,11-15,22H2,1H3. The van der Waals surface area contributed by atoms with Crippen molar-refractivity contribution in [2.24, 2.45) is 11.7 Å². The molecule has 1 atom stereocenters. The van der Waals surface area contributed by atoms with E-state index in [-0.39, 0.29) is 11.9 Å². The zero-order valence-electron chi connectivity index (χ0n) is 15.8. The van der Waals surface area contributed by atoms with Gasteiger partial charge >= 0.3 is 5.97 Å². The molecule has 6 nitrogen and oxygen atoms in total. The molecule has 27 heavy (non-hydrogen) atoms. The lowest BCUT2D eigenvalue weighted by atomic mass is 9.94. The van der Waals surface area contributed by atoms with Crippen LogP contribution in [0.15, 0.2) is 60.6 Å². The quantitative estimate of drug-likeness (QED) is 0.776. The van der Waals surface area contributed by atoms with Crippen LogP contribution in [-0.4, -0.2) is 54.7 Å². The van der Waals surface area contributed by atoms with E-state index in [1.54, 1.807) is 6.92 Å². The van der Waals surface area contributed by atoms with E-state index >= 15 is 0 Å². The van der Waals surface area contributed by atoms with Gasteiger partial charge in [0.25, 0.3) is 0 Å². The van der Waals surface area contributed by atoms with E-state index in [9.17, 15) is 4.79 Å². The van der Waals surface area contributed by atoms with Crippen molar-refractivity contribution in [3.8, 4) is 0 Å². The van der Waals surface area contributed by atoms with Crippen LogP contribution in [0, 0.1) is 5.92 Å². The molecule has 3 rings (SSSR count). The van der Waals surface area contributed by atoms with Crippen molar-refractivity contribution in [2.45, 2.75) is 19.4 Å². The molecule has 1 saturated heterocycles. The highest BCUT2D eigenvalue weighted by atomic mass is 16.5. The van der Waals surface area contributed by atoms with Crippen LogP contribution in [0.5, 0.6) is 0 Å². The summed E-state index contributed by atoms with van der Waals surface area (Å²) in [5.74, 6) is -0.155. The van der Waals surface area contributed by atoms with Crippen LogP contribution < -0.4 is 10.6 Å². The van der Waals surface area contributed by atoms with Gasteiger partial charge in [-0.05, 0) is 37.0 Å². The first-order chi connectivity index (χ1) is 13.2. The lowest BCUT2D eigenvalue weighted by Gasteiger charge is -2.35. The second-order valence-electron chi connectivity index (χ2n) is 6.83. The molecule has 0 aromatic carbocycles. The number of hydrogen-bond donors (Lipinski definition) is 1. The number of anilines is 1. The third-order valence-corrected chi connectivity index (χ3v) is 4.86. The van der Waals surface area contributed by atoms with Crippen LogP contribution in [0.2, 0.25) is 0 Å². The molecule has 1 aliphatic carbocycles. The molecule has 1 fully saturated rings. The first-order valence-corrected chi connectivity index (χ1v) is 9.55. The topological polar surface area (TPSA) is 71.7 Å². The van der Waals surface area contributed by atoms with Gasteiger partial charge in [-0.3, -0.25) is 9.78 Å². The monoisotopic (exact) mass is 368 g/mol. The minimum Gasteiger partial charge on any atom is -0.465 e. The lowest BCUT2D eigenvalue weighted by Crippen LogP contribution is -2.44. The second kappa shape index (κ2) is 9.37. The number of allylic oxidation sites excluding steroid dienone is 5. The molecular weight excluding hydrogens is 340 g/mol. The number of esters is 1. The summed E-state index contributed by atoms with van der Waals surface area (Å²) in [5.41, 5.74) is 8.31. The maximum atomic E-state index is 11.7. The minimum absolute atomic E-state index is 0.171. The number of carbonyl (C=O) groups excluding carboxylic acids is 1. The summed E-state index contributed by atoms with van der Waals surface area (Å²) in [6.07, 6.45) is 14.9. The van der Waals surface area contributed by atoms with Crippen LogP contribution in [-0.2, 0) is 9.53 Å². The van der Waals surface area contributed by atoms with Gasteiger partial charge in [0.2, 0.25) is 0 Å². The zero-order valence-corrected chi connectivity index (χ0v) is 15.8. The van der Waals surface area contributed by atoms with Gasteiger partial charge in [-0.2, -0.15) is 0 Å². The van der Waals surface area contributed by atoms with Crippen LogP contribution >= 0.6 is 0 Å². The van der Waals surface area contributed by atoms with Gasteiger partial charge in [-0.25, -0.2) is 0 Å². The normalized spacial score (nSPS) is 20.5. The molecule has 1 aromatic heterocycles. The Morgan fingerprint density at radius 3 is 2.56 bits per heavy atom. The van der Waals surface area contributed by atoms with Gasteiger partial charge < -0.3 is 20.3 Å². The summed E-state index contributed by atoms with van der Waals surface area (Å²) in [6, 6.07) is 3.54. The highest BCUT2D eigenvalue weighted by molar-refractivity contribution is 5.75. The van der Waals surface area contributed by atoms with Crippen LogP contribution in [0.25, 0.3) is 0 Å². The average Bonchev–Trinajstić information content (AvgIpc) is 2.71. The molecule has 2 aliphatic rings. The van der Waals surface area contributed by atoms with Gasteiger partial charge in [-0.15, -0.1) is 0 Å². The molecule has 2 N–H and O–H groups in total. The summed E-state index contributed by atoms with van der Waals surface area (Å²) in [5, 5.41) is 0. The Hall–Kier alpha value is -2.60. The summed E-state index contributed by atoms with van der Waals surface area (Å²) in [4.78, 5) is 20.5. The molecule has 0 bridgehead atoms. The number of ether oxygens (including phenoxy) is 1. The van der Waals surface area contributed by atoms with Crippen molar-refractivity contribution in [3.05, 3.63) is 60.6 Å². The lowest BCUT2D eigenvalue weighted by molar-refractivity contribution is -0.144. The number of nitrogens with zero attached hydrogens (tertiary/aromatic N) is 3. The molecule has 0 spiro atoms. The molecule has 1 unspecified atom stereocenters. The third-order valence-electron chi connectivity index (χ3n) is 4.86. The summed E-state index contributed by atoms with van der Waals surface area (Å²) >= 11 is 0. The van der Waals surface area contributed by atoms with Crippen LogP contribution in [0.1, 0.15) is 13.3 Å². The van der Waals surface area contributed by atoms with E-state index in [0.29, 0.717) is 13.0 Å². The maximum absolute atomic E-state index is 11.7. The van der Waals surface area contributed by atoms with E-state index in [4.69, 9.17) is 10.5 Å². The Morgan fingerprint density at radius 2 is 1.93 bits per heavy atom. The van der Waals surface area contributed by atoms with Gasteiger partial charge in [0, 0.05) is 50.5 Å². The Bertz CT molecular complexity index is 690. The minimum atomic E-state index is -0.573. The Labute approximate surface area is 161 Å². The number of piperazine rings is 1. The number of pyridine rings is 1. The van der Waals surface area contributed by atoms with Crippen molar-refractivity contribution in [1.29, 1.82) is 0 Å². The van der Waals surface area contributed by atoms with E-state index in [2.05, 4.69) is 57.4 Å². The molecule has 6 heteroatoms. The van der Waals surface area contributed by atoms with Gasteiger partial charge in [0.05, 0.1) is 6.61 Å². The summed E-state index contributed by atoms with van der Waals surface area (Å²) in [6.45, 7) is 6.13. The van der Waals surface area contributed by atoms with Crippen molar-refractivity contribution in [3.63, 3.8) is 0 Å². The van der Waals surface area contributed by atoms with Gasteiger partial charge in [-0.1, -0.05) is 24.3 Å². The molecular formula is C21H28N4O2. The molecule has 0 amide bonds. The number of rotatable bonds is 6. The number of aromatic nitrogens is 1. The summed E-state index contributed by atoms with van der Waals surface area (Å²) in [7, 11) is 0. The summed E-state index contributed by atoms with van der Waals surface area (Å²) < 4.78 is 4.97. The SMILES string of the molecule is CCOC(=O)C(N)CC1C=CC(=CN2CCN(c3ccncc3)CC2)C=C1. The molecule has 0 saturated carbocycles. The van der Waals surface area contributed by atoms with Crippen molar-refractivity contribution >= 4 is 11.7 Å². The van der Waals surface area contributed by atoms with Crippen molar-refractivity contribution < 1.29 is 9.53 Å². The average molecular weight is 368 g/mol. The van der Waals surface area contributed by atoms with Crippen LogP contribution in [0.3, 0.4) is 0 Å². The predicted molar refractivity (Wildman–Crippen MR) is 107 cm³/mol. The first kappa shape index (κ1) is 19.2. The van der Waals surface area contributed by atoms with Gasteiger partial charge in [0.1, 0.15) is 6.04 Å². The molecule has 0 radical (unpaired) electrons. The predicted octanol–water partition coefficient (Wildman–Crippen LogP) is 2.11. The van der Waals surface area contributed by atoms with E-state index in [1.807, 2.05) is 12.4 Å². The number of carbonyl (C=O) groups is 1. The number of nitrogens with two attached hydrogens (primary N) is 1. The van der Waals surface area contributed by atoms with Crippen molar-refractivity contribution in [2.75, 3.05) is 37.7 Å².